The van der Waals surface area contributed by atoms with Crippen LogP contribution in [0.5, 0.6) is 5.75 Å². The van der Waals surface area contributed by atoms with Crippen LogP contribution in [-0.4, -0.2) is 18.3 Å². The lowest BCUT2D eigenvalue weighted by atomic mass is 9.96. The summed E-state index contributed by atoms with van der Waals surface area (Å²) in [6, 6.07) is 7.22. The van der Waals surface area contributed by atoms with Gasteiger partial charge in [0, 0.05) is 0 Å². The summed E-state index contributed by atoms with van der Waals surface area (Å²) in [5.74, 6) is 1.39. The molecule has 0 saturated carbocycles. The molecule has 2 atom stereocenters. The Bertz CT molecular complexity index is 321. The maximum atomic E-state index is 9.99. The van der Waals surface area contributed by atoms with E-state index in [1.54, 1.807) is 7.11 Å². The number of ether oxygens (including phenoxy) is 1. The van der Waals surface area contributed by atoms with Crippen LogP contribution in [0, 0.1) is 5.92 Å². The number of aliphatic hydroxyl groups is 1. The monoisotopic (exact) mass is 237 g/mol. The molecule has 17 heavy (non-hydrogen) atoms. The highest BCUT2D eigenvalue weighted by atomic mass is 16.5. The summed E-state index contributed by atoms with van der Waals surface area (Å²) >= 11 is 0. The molecule has 3 heteroatoms. The Kier molecular flexibility index (Phi) is 5.45. The van der Waals surface area contributed by atoms with Gasteiger partial charge >= 0.3 is 0 Å². The van der Waals surface area contributed by atoms with Crippen molar-refractivity contribution in [1.29, 1.82) is 0 Å². The zero-order valence-electron chi connectivity index (χ0n) is 10.9. The lowest BCUT2D eigenvalue weighted by molar-refractivity contribution is 0.128. The first-order valence-electron chi connectivity index (χ1n) is 6.12. The van der Waals surface area contributed by atoms with Gasteiger partial charge in [0.1, 0.15) is 5.75 Å². The van der Waals surface area contributed by atoms with Gasteiger partial charge in [-0.2, -0.15) is 0 Å². The van der Waals surface area contributed by atoms with Gasteiger partial charge in [-0.05, 0) is 36.5 Å². The maximum Gasteiger partial charge on any atom is 0.118 e. The number of aliphatic hydroxyl groups excluding tert-OH is 1. The third-order valence-electron chi connectivity index (χ3n) is 2.96. The topological polar surface area (TPSA) is 55.5 Å². The fraction of sp³-hybridized carbons (Fsp3) is 0.571. The highest BCUT2D eigenvalue weighted by Gasteiger charge is 2.16. The quantitative estimate of drug-likeness (QED) is 0.799. The smallest absolute Gasteiger partial charge is 0.118 e. The normalized spacial score (nSPS) is 14.7. The van der Waals surface area contributed by atoms with Crippen LogP contribution in [-0.2, 0) is 0 Å². The molecule has 3 N–H and O–H groups in total. The Morgan fingerprint density at radius 2 is 1.76 bits per heavy atom. The zero-order valence-corrected chi connectivity index (χ0v) is 10.9. The van der Waals surface area contributed by atoms with Crippen molar-refractivity contribution in [2.24, 2.45) is 11.7 Å². The van der Waals surface area contributed by atoms with Crippen molar-refractivity contribution in [3.8, 4) is 5.75 Å². The van der Waals surface area contributed by atoms with E-state index < -0.39 is 6.10 Å². The van der Waals surface area contributed by atoms with Crippen molar-refractivity contribution < 1.29 is 9.84 Å². The molecule has 0 saturated heterocycles. The van der Waals surface area contributed by atoms with Gasteiger partial charge in [0.2, 0.25) is 0 Å². The van der Waals surface area contributed by atoms with Crippen LogP contribution >= 0.6 is 0 Å². The van der Waals surface area contributed by atoms with Crippen LogP contribution in [0.3, 0.4) is 0 Å². The van der Waals surface area contributed by atoms with Gasteiger partial charge in [-0.1, -0.05) is 26.0 Å². The zero-order chi connectivity index (χ0) is 12.8. The fourth-order valence-corrected chi connectivity index (χ4v) is 1.73. The number of nitrogens with two attached hydrogens (primary N) is 1. The summed E-state index contributed by atoms with van der Waals surface area (Å²) in [5.41, 5.74) is 6.97. The van der Waals surface area contributed by atoms with E-state index in [1.165, 1.54) is 0 Å². The second kappa shape index (κ2) is 6.62. The van der Waals surface area contributed by atoms with Crippen molar-refractivity contribution in [3.63, 3.8) is 0 Å². The predicted molar refractivity (Wildman–Crippen MR) is 70.0 cm³/mol. The molecule has 0 spiro atoms. The van der Waals surface area contributed by atoms with Crippen molar-refractivity contribution in [2.45, 2.75) is 38.8 Å². The molecule has 1 aromatic rings. The molecule has 0 aliphatic rings. The number of rotatable bonds is 6. The van der Waals surface area contributed by atoms with Crippen LogP contribution in [0.2, 0.25) is 0 Å². The van der Waals surface area contributed by atoms with E-state index in [0.29, 0.717) is 5.92 Å². The number of benzene rings is 1. The Balaban J connectivity index is 2.58. The molecule has 1 rings (SSSR count). The molecule has 0 unspecified atom stereocenters. The highest BCUT2D eigenvalue weighted by Crippen LogP contribution is 2.21. The molecule has 96 valence electrons. The van der Waals surface area contributed by atoms with Crippen LogP contribution in [0.4, 0.5) is 0 Å². The Morgan fingerprint density at radius 1 is 1.18 bits per heavy atom. The molecule has 1 aromatic carbocycles. The Morgan fingerprint density at radius 3 is 2.24 bits per heavy atom. The first-order chi connectivity index (χ1) is 8.04. The van der Waals surface area contributed by atoms with Crippen molar-refractivity contribution in [1.82, 2.24) is 0 Å². The molecular weight excluding hydrogens is 214 g/mol. The number of hydrogen-bond donors (Lipinski definition) is 2. The van der Waals surface area contributed by atoms with E-state index in [9.17, 15) is 5.11 Å². The molecule has 0 aliphatic heterocycles. The largest absolute Gasteiger partial charge is 0.497 e. The average molecular weight is 237 g/mol. The molecule has 3 nitrogen and oxygen atoms in total. The van der Waals surface area contributed by atoms with Crippen LogP contribution in [0.25, 0.3) is 0 Å². The van der Waals surface area contributed by atoms with Gasteiger partial charge in [-0.15, -0.1) is 0 Å². The Labute approximate surface area is 104 Å². The fourth-order valence-electron chi connectivity index (χ4n) is 1.73. The van der Waals surface area contributed by atoms with Crippen molar-refractivity contribution in [3.05, 3.63) is 29.8 Å². The summed E-state index contributed by atoms with van der Waals surface area (Å²) in [6.45, 7) is 4.29. The standard InChI is InChI=1S/C14H23NO2/c1-10(2)4-9-13(16)14(15)11-5-7-12(17-3)8-6-11/h5-8,10,13-14,16H,4,9,15H2,1-3H3/t13-,14+/m0/s1. The number of hydrogen-bond acceptors (Lipinski definition) is 3. The molecule has 0 radical (unpaired) electrons. The van der Waals surface area contributed by atoms with Gasteiger partial charge in [0.15, 0.2) is 0 Å². The minimum Gasteiger partial charge on any atom is -0.497 e. The SMILES string of the molecule is COc1ccc([C@@H](N)[C@@H](O)CCC(C)C)cc1. The molecule has 0 aliphatic carbocycles. The lowest BCUT2D eigenvalue weighted by Crippen LogP contribution is -2.26. The summed E-state index contributed by atoms with van der Waals surface area (Å²) in [5, 5.41) is 9.99. The predicted octanol–water partition coefficient (Wildman–Crippen LogP) is 2.49. The minimum atomic E-state index is -0.481. The molecule has 0 bridgehead atoms. The summed E-state index contributed by atoms with van der Waals surface area (Å²) < 4.78 is 5.09. The van der Waals surface area contributed by atoms with E-state index >= 15 is 0 Å². The van der Waals surface area contributed by atoms with Gasteiger partial charge in [-0.25, -0.2) is 0 Å². The van der Waals surface area contributed by atoms with Crippen LogP contribution < -0.4 is 10.5 Å². The van der Waals surface area contributed by atoms with Crippen LogP contribution in [0.1, 0.15) is 38.3 Å². The second-order valence-electron chi connectivity index (χ2n) is 4.84. The highest BCUT2D eigenvalue weighted by molar-refractivity contribution is 5.29. The first-order valence-corrected chi connectivity index (χ1v) is 6.12. The van der Waals surface area contributed by atoms with Gasteiger partial charge in [0.05, 0.1) is 19.3 Å². The Hall–Kier alpha value is -1.06. The molecule has 0 aromatic heterocycles. The summed E-state index contributed by atoms with van der Waals surface area (Å²) in [6.07, 6.45) is 1.25. The van der Waals surface area contributed by atoms with Gasteiger partial charge in [-0.3, -0.25) is 0 Å². The lowest BCUT2D eigenvalue weighted by Gasteiger charge is -2.20. The van der Waals surface area contributed by atoms with E-state index in [2.05, 4.69) is 13.8 Å². The molecular formula is C14H23NO2. The van der Waals surface area contributed by atoms with Gasteiger partial charge in [0.25, 0.3) is 0 Å². The van der Waals surface area contributed by atoms with E-state index in [0.717, 1.165) is 24.2 Å². The van der Waals surface area contributed by atoms with Gasteiger partial charge < -0.3 is 15.6 Å². The summed E-state index contributed by atoms with van der Waals surface area (Å²) in [7, 11) is 1.63. The summed E-state index contributed by atoms with van der Waals surface area (Å²) in [4.78, 5) is 0. The second-order valence-corrected chi connectivity index (χ2v) is 4.84. The van der Waals surface area contributed by atoms with E-state index in [-0.39, 0.29) is 6.04 Å². The van der Waals surface area contributed by atoms with Crippen molar-refractivity contribution in [2.75, 3.05) is 7.11 Å². The van der Waals surface area contributed by atoms with E-state index in [1.807, 2.05) is 24.3 Å². The van der Waals surface area contributed by atoms with E-state index in [4.69, 9.17) is 10.5 Å². The van der Waals surface area contributed by atoms with Crippen molar-refractivity contribution >= 4 is 0 Å². The number of methoxy groups -OCH3 is 1. The maximum absolute atomic E-state index is 9.99. The average Bonchev–Trinajstić information content (AvgIpc) is 2.35. The molecule has 0 amide bonds. The first kappa shape index (κ1) is 14.0. The molecule has 0 heterocycles. The third kappa shape index (κ3) is 4.36. The van der Waals surface area contributed by atoms with Crippen LogP contribution in [0.15, 0.2) is 24.3 Å². The third-order valence-corrected chi connectivity index (χ3v) is 2.96. The minimum absolute atomic E-state index is 0.320. The molecule has 0 fully saturated rings.